The zero-order valence-electron chi connectivity index (χ0n) is 13.8. The van der Waals surface area contributed by atoms with Gasteiger partial charge in [0.15, 0.2) is 5.78 Å². The first-order valence-corrected chi connectivity index (χ1v) is 8.46. The Kier molecular flexibility index (Phi) is 3.61. The van der Waals surface area contributed by atoms with E-state index in [0.717, 1.165) is 15.3 Å². The van der Waals surface area contributed by atoms with E-state index in [1.54, 1.807) is 11.3 Å². The van der Waals surface area contributed by atoms with Crippen molar-refractivity contribution in [2.45, 2.75) is 46.5 Å². The molecule has 1 atom stereocenters. The molecule has 0 spiro atoms. The topological polar surface area (TPSA) is 76.1 Å². The fourth-order valence-corrected chi connectivity index (χ4v) is 4.50. The van der Waals surface area contributed by atoms with Crippen LogP contribution >= 0.6 is 11.3 Å². The van der Waals surface area contributed by atoms with Crippen LogP contribution in [0.5, 0.6) is 0 Å². The van der Waals surface area contributed by atoms with E-state index in [2.05, 4.69) is 12.1 Å². The van der Waals surface area contributed by atoms with E-state index in [4.69, 9.17) is 10.5 Å². The Hall–Kier alpha value is -2.06. The molecule has 0 unspecified atom stereocenters. The molecule has 2 heterocycles. The number of allylic oxidation sites excluding steroid dienone is 3. The molecule has 0 amide bonds. The normalized spacial score (nSPS) is 23.4. The molecule has 0 radical (unpaired) electrons. The summed E-state index contributed by atoms with van der Waals surface area (Å²) in [6.45, 7) is 8.14. The SMILES string of the molecule is Cc1cc([C@@H]2C(C#N)=C(N)OC3=C2C(=O)CC(C)(C)C3)c(C)s1. The number of ketones is 1. The second-order valence-electron chi connectivity index (χ2n) is 7.07. The largest absolute Gasteiger partial charge is 0.444 e. The van der Waals surface area contributed by atoms with E-state index in [9.17, 15) is 10.1 Å². The summed E-state index contributed by atoms with van der Waals surface area (Å²) in [4.78, 5) is 15.1. The summed E-state index contributed by atoms with van der Waals surface area (Å²) in [7, 11) is 0. The minimum atomic E-state index is -0.391. The zero-order valence-corrected chi connectivity index (χ0v) is 14.6. The van der Waals surface area contributed by atoms with Crippen molar-refractivity contribution in [3.63, 3.8) is 0 Å². The highest BCUT2D eigenvalue weighted by Crippen LogP contribution is 2.49. The van der Waals surface area contributed by atoms with Gasteiger partial charge in [-0.3, -0.25) is 4.79 Å². The molecule has 1 aliphatic heterocycles. The molecule has 120 valence electrons. The van der Waals surface area contributed by atoms with Crippen molar-refractivity contribution in [2.24, 2.45) is 11.1 Å². The number of hydrogen-bond acceptors (Lipinski definition) is 5. The maximum atomic E-state index is 12.8. The van der Waals surface area contributed by atoms with Crippen molar-refractivity contribution in [2.75, 3.05) is 0 Å². The molecule has 2 aliphatic rings. The number of nitriles is 1. The predicted octanol–water partition coefficient (Wildman–Crippen LogP) is 3.82. The van der Waals surface area contributed by atoms with Gasteiger partial charge in [0.25, 0.3) is 0 Å². The molecule has 2 N–H and O–H groups in total. The highest BCUT2D eigenvalue weighted by Gasteiger charge is 2.43. The zero-order chi connectivity index (χ0) is 16.9. The number of nitrogens with zero attached hydrogens (tertiary/aromatic N) is 1. The third-order valence-electron chi connectivity index (χ3n) is 4.47. The van der Waals surface area contributed by atoms with Gasteiger partial charge in [0.2, 0.25) is 5.88 Å². The lowest BCUT2D eigenvalue weighted by Gasteiger charge is -2.37. The van der Waals surface area contributed by atoms with Gasteiger partial charge >= 0.3 is 0 Å². The van der Waals surface area contributed by atoms with Crippen molar-refractivity contribution < 1.29 is 9.53 Å². The fraction of sp³-hybridized carbons (Fsp3) is 0.444. The van der Waals surface area contributed by atoms with Crippen molar-refractivity contribution in [3.05, 3.63) is 44.2 Å². The van der Waals surface area contributed by atoms with Crippen molar-refractivity contribution in [3.8, 4) is 6.07 Å². The predicted molar refractivity (Wildman–Crippen MR) is 89.5 cm³/mol. The van der Waals surface area contributed by atoms with Crippen LogP contribution in [-0.2, 0) is 9.53 Å². The molecule has 5 heteroatoms. The molecule has 23 heavy (non-hydrogen) atoms. The van der Waals surface area contributed by atoms with Gasteiger partial charge in [0, 0.05) is 28.2 Å². The average Bonchev–Trinajstić information content (AvgIpc) is 2.74. The Labute approximate surface area is 140 Å². The monoisotopic (exact) mass is 328 g/mol. The fourth-order valence-electron chi connectivity index (χ4n) is 3.53. The summed E-state index contributed by atoms with van der Waals surface area (Å²) in [5.41, 5.74) is 7.82. The summed E-state index contributed by atoms with van der Waals surface area (Å²) in [5.74, 6) is 0.433. The number of hydrogen-bond donors (Lipinski definition) is 1. The van der Waals surface area contributed by atoms with Gasteiger partial charge in [-0.15, -0.1) is 11.3 Å². The molecule has 0 bridgehead atoms. The van der Waals surface area contributed by atoms with Gasteiger partial charge in [0.05, 0.1) is 5.92 Å². The lowest BCUT2D eigenvalue weighted by Crippen LogP contribution is -2.33. The number of Topliss-reactive ketones (excluding diaryl/α,β-unsaturated/α-hetero) is 1. The Balaban J connectivity index is 2.22. The van der Waals surface area contributed by atoms with Crippen LogP contribution in [0, 0.1) is 30.6 Å². The maximum absolute atomic E-state index is 12.8. The average molecular weight is 328 g/mol. The molecule has 0 saturated heterocycles. The van der Waals surface area contributed by atoms with Crippen LogP contribution in [0.2, 0.25) is 0 Å². The molecule has 4 nitrogen and oxygen atoms in total. The summed E-state index contributed by atoms with van der Waals surface area (Å²) < 4.78 is 5.70. The van der Waals surface area contributed by atoms with Gasteiger partial charge in [0.1, 0.15) is 17.4 Å². The maximum Gasteiger partial charge on any atom is 0.205 e. The third-order valence-corrected chi connectivity index (χ3v) is 5.45. The third kappa shape index (κ3) is 2.57. The van der Waals surface area contributed by atoms with Crippen molar-refractivity contribution in [1.29, 1.82) is 5.26 Å². The lowest BCUT2D eigenvalue weighted by atomic mass is 9.70. The van der Waals surface area contributed by atoms with Gasteiger partial charge in [-0.2, -0.15) is 5.26 Å². The molecule has 0 saturated carbocycles. The Bertz CT molecular complexity index is 805. The van der Waals surface area contributed by atoms with Gasteiger partial charge in [-0.1, -0.05) is 13.8 Å². The van der Waals surface area contributed by atoms with E-state index in [-0.39, 0.29) is 17.1 Å². The van der Waals surface area contributed by atoms with Crippen molar-refractivity contribution in [1.82, 2.24) is 0 Å². The molecule has 0 aromatic carbocycles. The van der Waals surface area contributed by atoms with E-state index in [1.165, 1.54) is 0 Å². The highest BCUT2D eigenvalue weighted by atomic mass is 32.1. The number of nitrogens with two attached hydrogens (primary N) is 1. The van der Waals surface area contributed by atoms with E-state index < -0.39 is 5.92 Å². The van der Waals surface area contributed by atoms with Gasteiger partial charge in [-0.25, -0.2) is 0 Å². The quantitative estimate of drug-likeness (QED) is 0.850. The lowest BCUT2D eigenvalue weighted by molar-refractivity contribution is -0.119. The number of carbonyl (C=O) groups excluding carboxylic acids is 1. The Morgan fingerprint density at radius 2 is 2.09 bits per heavy atom. The van der Waals surface area contributed by atoms with Crippen LogP contribution in [0.3, 0.4) is 0 Å². The standard InChI is InChI=1S/C18H20N2O2S/c1-9-5-11(10(2)23-9)15-12(8-19)17(20)22-14-7-18(3,4)6-13(21)16(14)15/h5,15H,6-7,20H2,1-4H3/t15-/m1/s1. The number of rotatable bonds is 1. The first kappa shape index (κ1) is 15.8. The Morgan fingerprint density at radius 3 is 2.65 bits per heavy atom. The molecular formula is C18H20N2O2S. The van der Waals surface area contributed by atoms with E-state index in [0.29, 0.717) is 29.7 Å². The Morgan fingerprint density at radius 1 is 1.39 bits per heavy atom. The molecule has 1 aliphatic carbocycles. The molecule has 1 aromatic rings. The summed E-state index contributed by atoms with van der Waals surface area (Å²) in [6.07, 6.45) is 1.12. The number of aryl methyl sites for hydroxylation is 2. The van der Waals surface area contributed by atoms with Crippen LogP contribution < -0.4 is 5.73 Å². The van der Waals surface area contributed by atoms with E-state index in [1.807, 2.05) is 27.7 Å². The van der Waals surface area contributed by atoms with Crippen LogP contribution in [0.15, 0.2) is 28.9 Å². The van der Waals surface area contributed by atoms with Crippen LogP contribution in [0.4, 0.5) is 0 Å². The van der Waals surface area contributed by atoms with Gasteiger partial charge < -0.3 is 10.5 Å². The van der Waals surface area contributed by atoms with Crippen LogP contribution in [-0.4, -0.2) is 5.78 Å². The molecular weight excluding hydrogens is 308 g/mol. The second kappa shape index (κ2) is 5.24. The van der Waals surface area contributed by atoms with Crippen LogP contribution in [0.25, 0.3) is 0 Å². The first-order valence-electron chi connectivity index (χ1n) is 7.64. The minimum Gasteiger partial charge on any atom is -0.444 e. The second-order valence-corrected chi connectivity index (χ2v) is 8.53. The number of ether oxygens (including phenoxy) is 1. The van der Waals surface area contributed by atoms with Crippen LogP contribution in [0.1, 0.15) is 47.9 Å². The summed E-state index contributed by atoms with van der Waals surface area (Å²) in [5, 5.41) is 9.57. The molecule has 3 rings (SSSR count). The number of thiophene rings is 1. The van der Waals surface area contributed by atoms with Crippen molar-refractivity contribution >= 4 is 17.1 Å². The summed E-state index contributed by atoms with van der Waals surface area (Å²) in [6, 6.07) is 4.21. The number of carbonyl (C=O) groups is 1. The molecule has 1 aromatic heterocycles. The smallest absolute Gasteiger partial charge is 0.205 e. The highest BCUT2D eigenvalue weighted by molar-refractivity contribution is 7.12. The first-order chi connectivity index (χ1) is 10.7. The minimum absolute atomic E-state index is 0.0600. The molecule has 0 fully saturated rings. The summed E-state index contributed by atoms with van der Waals surface area (Å²) >= 11 is 1.67. The van der Waals surface area contributed by atoms with Gasteiger partial charge in [-0.05, 0) is 30.9 Å². The van der Waals surface area contributed by atoms with E-state index >= 15 is 0 Å².